The topological polar surface area (TPSA) is 202 Å². The van der Waals surface area contributed by atoms with Crippen LogP contribution in [-0.4, -0.2) is 111 Å². The van der Waals surface area contributed by atoms with Crippen molar-refractivity contribution < 1.29 is 43.0 Å². The zero-order valence-corrected chi connectivity index (χ0v) is 37.6. The number of amides is 6. The fraction of sp³-hybridized carbons (Fsp3) is 0.857. The van der Waals surface area contributed by atoms with E-state index in [1.165, 1.54) is 0 Å². The Morgan fingerprint density at radius 2 is 0.667 bits per heavy atom. The first-order valence-corrected chi connectivity index (χ1v) is 21.1. The molecule has 0 rings (SSSR count). The van der Waals surface area contributed by atoms with Crippen LogP contribution in [0.4, 0.5) is 0 Å². The van der Waals surface area contributed by atoms with Crippen LogP contribution in [-0.2, 0) is 43.0 Å². The van der Waals surface area contributed by atoms with Crippen LogP contribution in [0.5, 0.6) is 0 Å². The quantitative estimate of drug-likeness (QED) is 0.0564. The lowest BCUT2D eigenvalue weighted by Crippen LogP contribution is -2.49. The van der Waals surface area contributed by atoms with Gasteiger partial charge in [0.25, 0.3) is 0 Å². The highest BCUT2D eigenvalue weighted by molar-refractivity contribution is 5.89. The van der Waals surface area contributed by atoms with E-state index in [4.69, 9.17) is 14.2 Å². The lowest BCUT2D eigenvalue weighted by molar-refractivity contribution is -0.132. The molecule has 0 bridgehead atoms. The normalized spacial score (nSPS) is 14.4. The van der Waals surface area contributed by atoms with E-state index in [9.17, 15) is 28.8 Å². The van der Waals surface area contributed by atoms with Gasteiger partial charge in [0, 0.05) is 42.8 Å². The zero-order valence-electron chi connectivity index (χ0n) is 37.6. The van der Waals surface area contributed by atoms with E-state index in [1.807, 2.05) is 90.0 Å². The largest absolute Gasteiger partial charge is 0.380 e. The third-order valence-corrected chi connectivity index (χ3v) is 8.76. The van der Waals surface area contributed by atoms with Gasteiger partial charge in [-0.25, -0.2) is 0 Å². The summed E-state index contributed by atoms with van der Waals surface area (Å²) in [7, 11) is 0. The van der Waals surface area contributed by atoms with Crippen LogP contribution in [0.3, 0.4) is 0 Å². The minimum atomic E-state index is -0.685. The lowest BCUT2D eigenvalue weighted by atomic mass is 9.88. The van der Waals surface area contributed by atoms with E-state index in [-0.39, 0.29) is 130 Å². The van der Waals surface area contributed by atoms with Gasteiger partial charge in [-0.3, -0.25) is 28.8 Å². The van der Waals surface area contributed by atoms with E-state index >= 15 is 0 Å². The summed E-state index contributed by atoms with van der Waals surface area (Å²) in [5.41, 5.74) is -0.685. The molecule has 0 aliphatic rings. The molecule has 15 heteroatoms. The second-order valence-corrected chi connectivity index (χ2v) is 17.5. The van der Waals surface area contributed by atoms with Crippen LogP contribution in [0.25, 0.3) is 0 Å². The maximum atomic E-state index is 12.9. The van der Waals surface area contributed by atoms with Crippen molar-refractivity contribution in [3.05, 3.63) is 0 Å². The second kappa shape index (κ2) is 29.0. The molecule has 0 saturated carbocycles. The molecule has 0 aliphatic heterocycles. The summed E-state index contributed by atoms with van der Waals surface area (Å²) in [5.74, 6) is -0.990. The molecule has 6 N–H and O–H groups in total. The molecular weight excluding hydrogens is 732 g/mol. The Balaban J connectivity index is 5.59. The fourth-order valence-corrected chi connectivity index (χ4v) is 5.86. The molecule has 0 fully saturated rings. The molecule has 6 amide bonds. The predicted molar refractivity (Wildman–Crippen MR) is 223 cm³/mol. The number of carbonyl (C=O) groups is 6. The molecule has 0 saturated heterocycles. The SMILES string of the molecule is CCC(COCCC(=O)NC(CC(C)C)C(=O)NC(C)C)(COCCC(=O)NC(CC(C)C)C(=O)NC(C)C)COCCC(=O)NC(CC(C)C)C(=O)NC(C)C. The van der Waals surface area contributed by atoms with Gasteiger partial charge in [0.1, 0.15) is 18.1 Å². The van der Waals surface area contributed by atoms with Gasteiger partial charge in [-0.1, -0.05) is 48.5 Å². The summed E-state index contributed by atoms with van der Waals surface area (Å²) in [6, 6.07) is -2.12. The highest BCUT2D eigenvalue weighted by Crippen LogP contribution is 2.24. The van der Waals surface area contributed by atoms with Crippen molar-refractivity contribution in [2.24, 2.45) is 23.2 Å². The fourth-order valence-electron chi connectivity index (χ4n) is 5.86. The van der Waals surface area contributed by atoms with Gasteiger partial charge < -0.3 is 46.1 Å². The summed E-state index contributed by atoms with van der Waals surface area (Å²) in [6.45, 7) is 25.9. The Kier molecular flexibility index (Phi) is 27.3. The van der Waals surface area contributed by atoms with Crippen LogP contribution >= 0.6 is 0 Å². The predicted octanol–water partition coefficient (Wildman–Crippen LogP) is 3.77. The highest BCUT2D eigenvalue weighted by Gasteiger charge is 2.31. The first-order valence-electron chi connectivity index (χ1n) is 21.1. The van der Waals surface area contributed by atoms with Gasteiger partial charge in [0.05, 0.1) is 39.6 Å². The molecule has 15 nitrogen and oxygen atoms in total. The molecule has 332 valence electrons. The van der Waals surface area contributed by atoms with Crippen molar-refractivity contribution in [3.63, 3.8) is 0 Å². The summed E-state index contributed by atoms with van der Waals surface area (Å²) in [5, 5.41) is 17.1. The molecule has 3 atom stereocenters. The molecular formula is C42H80N6O9. The standard InChI is InChI=1S/C42H80N6O9/c1-14-42(24-55-18-15-36(49)46-33(21-27(2)3)39(52)43-30(8)9,25-56-19-16-37(50)47-34(22-28(4)5)40(53)44-31(10)11)26-57-20-17-38(51)48-35(23-29(6)7)41(54)45-32(12)13/h27-35H,14-26H2,1-13H3,(H,43,52)(H,44,53)(H,45,54)(H,46,49)(H,47,50)(H,48,51). The van der Waals surface area contributed by atoms with Gasteiger partial charge in [-0.05, 0) is 85.0 Å². The molecule has 57 heavy (non-hydrogen) atoms. The minimum absolute atomic E-state index is 0.0370. The average molecular weight is 813 g/mol. The van der Waals surface area contributed by atoms with Crippen molar-refractivity contribution >= 4 is 35.4 Å². The minimum Gasteiger partial charge on any atom is -0.380 e. The third-order valence-electron chi connectivity index (χ3n) is 8.76. The number of hydrogen-bond donors (Lipinski definition) is 6. The van der Waals surface area contributed by atoms with Crippen LogP contribution in [0.15, 0.2) is 0 Å². The Labute approximate surface area is 343 Å². The molecule has 0 aromatic carbocycles. The van der Waals surface area contributed by atoms with Crippen LogP contribution < -0.4 is 31.9 Å². The average Bonchev–Trinajstić information content (AvgIpc) is 3.07. The zero-order chi connectivity index (χ0) is 43.7. The van der Waals surface area contributed by atoms with Gasteiger partial charge in [-0.2, -0.15) is 0 Å². The van der Waals surface area contributed by atoms with E-state index in [2.05, 4.69) is 31.9 Å². The van der Waals surface area contributed by atoms with E-state index in [0.29, 0.717) is 25.7 Å². The molecule has 0 aromatic rings. The van der Waals surface area contributed by atoms with Crippen molar-refractivity contribution in [3.8, 4) is 0 Å². The van der Waals surface area contributed by atoms with Crippen LogP contribution in [0.1, 0.15) is 135 Å². The Hall–Kier alpha value is -3.30. The van der Waals surface area contributed by atoms with Gasteiger partial charge in [0.15, 0.2) is 0 Å². The molecule has 0 aromatic heterocycles. The maximum Gasteiger partial charge on any atom is 0.242 e. The van der Waals surface area contributed by atoms with Crippen molar-refractivity contribution in [2.75, 3.05) is 39.6 Å². The molecule has 0 aliphatic carbocycles. The first kappa shape index (κ1) is 53.7. The number of nitrogens with one attached hydrogen (secondary N) is 6. The van der Waals surface area contributed by atoms with Crippen molar-refractivity contribution in [1.29, 1.82) is 0 Å². The van der Waals surface area contributed by atoms with E-state index in [1.54, 1.807) is 0 Å². The number of ether oxygens (including phenoxy) is 3. The third kappa shape index (κ3) is 26.4. The molecule has 0 radical (unpaired) electrons. The smallest absolute Gasteiger partial charge is 0.242 e. The number of hydrogen-bond acceptors (Lipinski definition) is 9. The monoisotopic (exact) mass is 813 g/mol. The summed E-state index contributed by atoms with van der Waals surface area (Å²) >= 11 is 0. The van der Waals surface area contributed by atoms with E-state index in [0.717, 1.165) is 0 Å². The molecule has 0 heterocycles. The van der Waals surface area contributed by atoms with Crippen LogP contribution in [0, 0.1) is 23.2 Å². The van der Waals surface area contributed by atoms with Gasteiger partial charge >= 0.3 is 0 Å². The number of carbonyl (C=O) groups excluding carboxylic acids is 6. The van der Waals surface area contributed by atoms with Crippen molar-refractivity contribution in [2.45, 2.75) is 171 Å². The van der Waals surface area contributed by atoms with Gasteiger partial charge in [-0.15, -0.1) is 0 Å². The Morgan fingerprint density at radius 1 is 0.421 bits per heavy atom. The molecule has 0 spiro atoms. The first-order chi connectivity index (χ1) is 26.6. The summed E-state index contributed by atoms with van der Waals surface area (Å²) in [6.07, 6.45) is 2.17. The molecule has 3 unspecified atom stereocenters. The van der Waals surface area contributed by atoms with Crippen molar-refractivity contribution in [1.82, 2.24) is 31.9 Å². The van der Waals surface area contributed by atoms with Gasteiger partial charge in [0.2, 0.25) is 35.4 Å². The maximum absolute atomic E-state index is 12.9. The van der Waals surface area contributed by atoms with E-state index < -0.39 is 23.5 Å². The van der Waals surface area contributed by atoms with Crippen LogP contribution in [0.2, 0.25) is 0 Å². The Morgan fingerprint density at radius 3 is 0.860 bits per heavy atom. The summed E-state index contributed by atoms with van der Waals surface area (Å²) in [4.78, 5) is 76.8. The summed E-state index contributed by atoms with van der Waals surface area (Å²) < 4.78 is 18.1. The highest BCUT2D eigenvalue weighted by atomic mass is 16.5. The second-order valence-electron chi connectivity index (χ2n) is 17.5. The Bertz CT molecular complexity index is 1070. The lowest BCUT2D eigenvalue weighted by Gasteiger charge is -2.32. The number of rotatable bonds is 31.